The zero-order chi connectivity index (χ0) is 13.1. The van der Waals surface area contributed by atoms with E-state index in [1.165, 1.54) is 12.1 Å². The Hall–Kier alpha value is -1.74. The molecule has 2 aromatic rings. The summed E-state index contributed by atoms with van der Waals surface area (Å²) in [5.74, 6) is 0.244. The third-order valence-electron chi connectivity index (χ3n) is 2.58. The SMILES string of the molecule is C[C@@H](Oc1ccc(N)cc1Cl)c1cccc(F)c1. The van der Waals surface area contributed by atoms with Gasteiger partial charge >= 0.3 is 0 Å². The van der Waals surface area contributed by atoms with Gasteiger partial charge in [-0.3, -0.25) is 0 Å². The highest BCUT2D eigenvalue weighted by molar-refractivity contribution is 6.32. The van der Waals surface area contributed by atoms with E-state index in [1.807, 2.05) is 6.92 Å². The van der Waals surface area contributed by atoms with Crippen LogP contribution >= 0.6 is 11.6 Å². The molecule has 4 heteroatoms. The van der Waals surface area contributed by atoms with Gasteiger partial charge in [-0.1, -0.05) is 23.7 Å². The molecule has 2 aromatic carbocycles. The molecular formula is C14H13ClFNO. The van der Waals surface area contributed by atoms with Crippen LogP contribution < -0.4 is 10.5 Å². The van der Waals surface area contributed by atoms with Crippen LogP contribution in [0.25, 0.3) is 0 Å². The number of hydrogen-bond donors (Lipinski definition) is 1. The lowest BCUT2D eigenvalue weighted by atomic mass is 10.1. The smallest absolute Gasteiger partial charge is 0.138 e. The lowest BCUT2D eigenvalue weighted by molar-refractivity contribution is 0.226. The Morgan fingerprint density at radius 3 is 2.67 bits per heavy atom. The van der Waals surface area contributed by atoms with Crippen LogP contribution in [0.4, 0.5) is 10.1 Å². The third-order valence-corrected chi connectivity index (χ3v) is 2.87. The molecule has 0 radical (unpaired) electrons. The molecule has 18 heavy (non-hydrogen) atoms. The number of benzene rings is 2. The summed E-state index contributed by atoms with van der Waals surface area (Å²) in [5.41, 5.74) is 6.93. The second kappa shape index (κ2) is 5.27. The summed E-state index contributed by atoms with van der Waals surface area (Å²) in [6.45, 7) is 1.83. The quantitative estimate of drug-likeness (QED) is 0.844. The maximum atomic E-state index is 13.1. The standard InChI is InChI=1S/C14H13ClFNO/c1-9(10-3-2-4-11(16)7-10)18-14-6-5-12(17)8-13(14)15/h2-9H,17H2,1H3/t9-/m1/s1. The van der Waals surface area contributed by atoms with Crippen LogP contribution in [0.1, 0.15) is 18.6 Å². The highest BCUT2D eigenvalue weighted by Crippen LogP contribution is 2.30. The first-order valence-corrected chi connectivity index (χ1v) is 5.91. The van der Waals surface area contributed by atoms with Crippen molar-refractivity contribution in [2.75, 3.05) is 5.73 Å². The Balaban J connectivity index is 2.18. The number of nitrogens with two attached hydrogens (primary N) is 1. The van der Waals surface area contributed by atoms with Gasteiger partial charge in [0.25, 0.3) is 0 Å². The number of halogens is 2. The minimum absolute atomic E-state index is 0.286. The van der Waals surface area contributed by atoms with Crippen molar-refractivity contribution in [1.82, 2.24) is 0 Å². The normalized spacial score (nSPS) is 12.2. The number of rotatable bonds is 3. The molecule has 0 spiro atoms. The van der Waals surface area contributed by atoms with Crippen LogP contribution in [0.5, 0.6) is 5.75 Å². The van der Waals surface area contributed by atoms with Gasteiger partial charge in [0.2, 0.25) is 0 Å². The van der Waals surface area contributed by atoms with Crippen molar-refractivity contribution in [2.45, 2.75) is 13.0 Å². The van der Waals surface area contributed by atoms with Crippen molar-refractivity contribution in [3.63, 3.8) is 0 Å². The molecule has 0 saturated heterocycles. The summed E-state index contributed by atoms with van der Waals surface area (Å²) in [4.78, 5) is 0. The molecule has 0 saturated carbocycles. The van der Waals surface area contributed by atoms with Gasteiger partial charge in [0.15, 0.2) is 0 Å². The van der Waals surface area contributed by atoms with Gasteiger partial charge in [-0.05, 0) is 42.8 Å². The van der Waals surface area contributed by atoms with Gasteiger partial charge in [0.05, 0.1) is 5.02 Å². The van der Waals surface area contributed by atoms with E-state index >= 15 is 0 Å². The van der Waals surface area contributed by atoms with E-state index in [0.717, 1.165) is 5.56 Å². The maximum absolute atomic E-state index is 13.1. The lowest BCUT2D eigenvalue weighted by Crippen LogP contribution is -2.04. The average Bonchev–Trinajstić information content (AvgIpc) is 2.32. The predicted octanol–water partition coefficient (Wildman–Crippen LogP) is 4.20. The van der Waals surface area contributed by atoms with Crippen LogP contribution in [-0.4, -0.2) is 0 Å². The largest absolute Gasteiger partial charge is 0.484 e. The summed E-state index contributed by atoms with van der Waals surface area (Å²) in [6.07, 6.45) is -0.290. The summed E-state index contributed by atoms with van der Waals surface area (Å²) in [6, 6.07) is 11.3. The highest BCUT2D eigenvalue weighted by Gasteiger charge is 2.10. The molecule has 94 valence electrons. The third kappa shape index (κ3) is 2.93. The fourth-order valence-corrected chi connectivity index (χ4v) is 1.86. The first-order chi connectivity index (χ1) is 8.56. The number of hydrogen-bond acceptors (Lipinski definition) is 2. The van der Waals surface area contributed by atoms with Crippen LogP contribution in [-0.2, 0) is 0 Å². The molecule has 0 aliphatic heterocycles. The Morgan fingerprint density at radius 1 is 1.22 bits per heavy atom. The first-order valence-electron chi connectivity index (χ1n) is 5.53. The molecule has 2 nitrogen and oxygen atoms in total. The molecule has 0 aliphatic carbocycles. The fraction of sp³-hybridized carbons (Fsp3) is 0.143. The predicted molar refractivity (Wildman–Crippen MR) is 71.3 cm³/mol. The molecule has 0 unspecified atom stereocenters. The van der Waals surface area contributed by atoms with E-state index in [9.17, 15) is 4.39 Å². The van der Waals surface area contributed by atoms with Crippen LogP contribution in [0, 0.1) is 5.82 Å². The van der Waals surface area contributed by atoms with E-state index < -0.39 is 0 Å². The van der Waals surface area contributed by atoms with Gasteiger partial charge in [-0.25, -0.2) is 4.39 Å². The van der Waals surface area contributed by atoms with E-state index in [0.29, 0.717) is 16.5 Å². The van der Waals surface area contributed by atoms with Gasteiger partial charge in [-0.2, -0.15) is 0 Å². The second-order valence-corrected chi connectivity index (χ2v) is 4.41. The van der Waals surface area contributed by atoms with Crippen molar-refractivity contribution >= 4 is 17.3 Å². The van der Waals surface area contributed by atoms with Gasteiger partial charge in [-0.15, -0.1) is 0 Å². The van der Waals surface area contributed by atoms with E-state index in [1.54, 1.807) is 30.3 Å². The summed E-state index contributed by atoms with van der Waals surface area (Å²) in [5, 5.41) is 0.443. The van der Waals surface area contributed by atoms with Crippen molar-refractivity contribution in [3.8, 4) is 5.75 Å². The maximum Gasteiger partial charge on any atom is 0.138 e. The highest BCUT2D eigenvalue weighted by atomic mass is 35.5. The first kappa shape index (κ1) is 12.7. The van der Waals surface area contributed by atoms with Gasteiger partial charge in [0.1, 0.15) is 17.7 Å². The molecular weight excluding hydrogens is 253 g/mol. The molecule has 0 fully saturated rings. The Labute approximate surface area is 110 Å². The molecule has 1 atom stereocenters. The van der Waals surface area contributed by atoms with Crippen molar-refractivity contribution in [2.24, 2.45) is 0 Å². The average molecular weight is 266 g/mol. The molecule has 0 aromatic heterocycles. The summed E-state index contributed by atoms with van der Waals surface area (Å²) >= 11 is 6.01. The van der Waals surface area contributed by atoms with Gasteiger partial charge < -0.3 is 10.5 Å². The van der Waals surface area contributed by atoms with E-state index in [2.05, 4.69) is 0 Å². The summed E-state index contributed by atoms with van der Waals surface area (Å²) in [7, 11) is 0. The number of nitrogen functional groups attached to an aromatic ring is 1. The minimum atomic E-state index is -0.290. The van der Waals surface area contributed by atoms with Crippen molar-refractivity contribution < 1.29 is 9.13 Å². The Bertz CT molecular complexity index is 559. The second-order valence-electron chi connectivity index (χ2n) is 4.00. The monoisotopic (exact) mass is 265 g/mol. The topological polar surface area (TPSA) is 35.2 Å². The number of ether oxygens (including phenoxy) is 1. The molecule has 2 N–H and O–H groups in total. The molecule has 0 aliphatic rings. The Morgan fingerprint density at radius 2 is 2.00 bits per heavy atom. The number of anilines is 1. The minimum Gasteiger partial charge on any atom is -0.484 e. The Kier molecular flexibility index (Phi) is 3.72. The van der Waals surface area contributed by atoms with Crippen LogP contribution in [0.3, 0.4) is 0 Å². The zero-order valence-electron chi connectivity index (χ0n) is 9.86. The van der Waals surface area contributed by atoms with Crippen molar-refractivity contribution in [1.29, 1.82) is 0 Å². The van der Waals surface area contributed by atoms with Gasteiger partial charge in [0, 0.05) is 5.69 Å². The van der Waals surface area contributed by atoms with Crippen LogP contribution in [0.2, 0.25) is 5.02 Å². The van der Waals surface area contributed by atoms with E-state index in [-0.39, 0.29) is 11.9 Å². The lowest BCUT2D eigenvalue weighted by Gasteiger charge is -2.16. The molecule has 0 bridgehead atoms. The van der Waals surface area contributed by atoms with Crippen molar-refractivity contribution in [3.05, 3.63) is 58.9 Å². The zero-order valence-corrected chi connectivity index (χ0v) is 10.6. The molecule has 0 heterocycles. The molecule has 0 amide bonds. The summed E-state index contributed by atoms with van der Waals surface area (Å²) < 4.78 is 18.8. The van der Waals surface area contributed by atoms with Crippen LogP contribution in [0.15, 0.2) is 42.5 Å². The fourth-order valence-electron chi connectivity index (χ4n) is 1.63. The molecule has 2 rings (SSSR count). The van der Waals surface area contributed by atoms with E-state index in [4.69, 9.17) is 22.1 Å².